The third-order valence-corrected chi connectivity index (χ3v) is 13.0. The lowest BCUT2D eigenvalue weighted by atomic mass is 9.33. The number of fused-ring (bicyclic) bond motifs is 7. The van der Waals surface area contributed by atoms with Crippen molar-refractivity contribution in [1.82, 2.24) is 0 Å². The molecule has 4 saturated carbocycles. The lowest BCUT2D eigenvalue weighted by Crippen LogP contribution is -2.66. The maximum atomic E-state index is 12.8. The zero-order chi connectivity index (χ0) is 25.1. The summed E-state index contributed by atoms with van der Waals surface area (Å²) in [5.74, 6) is 0.167. The van der Waals surface area contributed by atoms with Crippen LogP contribution in [-0.4, -0.2) is 33.5 Å². The van der Waals surface area contributed by atoms with Gasteiger partial charge in [0.15, 0.2) is 0 Å². The van der Waals surface area contributed by atoms with Crippen molar-refractivity contribution in [1.29, 1.82) is 0 Å². The molecule has 0 spiro atoms. The standard InChI is InChI=1S/C30H48O4/c1-25(2)16-19-18-8-9-21-27(5)12-11-22(31)26(3,4)20(27)10-13-29(21,7)28(18,6)14-15-30(19,24(33)34)23(32)17-25/h8,19-23,31-32H,9-17H2,1-7H3,(H,33,34)/t19?,20?,21?,22-,23+,27-,28+,29+,30-/m0/s1. The monoisotopic (exact) mass is 472 g/mol. The number of allylic oxidation sites excluding steroid dienone is 2. The topological polar surface area (TPSA) is 77.8 Å². The van der Waals surface area contributed by atoms with E-state index in [1.165, 1.54) is 5.57 Å². The van der Waals surface area contributed by atoms with Gasteiger partial charge in [0.25, 0.3) is 0 Å². The molecule has 0 aromatic rings. The maximum absolute atomic E-state index is 12.8. The summed E-state index contributed by atoms with van der Waals surface area (Å²) in [6.07, 6.45) is 9.51. The fourth-order valence-electron chi connectivity index (χ4n) is 10.8. The number of aliphatic carboxylic acids is 1. The molecule has 0 heterocycles. The minimum Gasteiger partial charge on any atom is -0.481 e. The number of aliphatic hydroxyl groups is 2. The van der Waals surface area contributed by atoms with E-state index in [4.69, 9.17) is 0 Å². The number of carboxylic acid groups (broad SMARTS) is 1. The quantitative estimate of drug-likeness (QED) is 0.397. The molecule has 34 heavy (non-hydrogen) atoms. The minimum absolute atomic E-state index is 0.0408. The first-order chi connectivity index (χ1) is 15.6. The zero-order valence-electron chi connectivity index (χ0n) is 22.6. The Kier molecular flexibility index (Phi) is 5.20. The molecule has 5 rings (SSSR count). The average Bonchev–Trinajstić information content (AvgIpc) is 2.70. The van der Waals surface area contributed by atoms with Crippen molar-refractivity contribution in [2.75, 3.05) is 0 Å². The van der Waals surface area contributed by atoms with Crippen LogP contribution >= 0.6 is 0 Å². The predicted molar refractivity (Wildman–Crippen MR) is 134 cm³/mol. The van der Waals surface area contributed by atoms with Crippen molar-refractivity contribution in [2.24, 2.45) is 50.2 Å². The van der Waals surface area contributed by atoms with Crippen molar-refractivity contribution >= 4 is 5.97 Å². The Bertz CT molecular complexity index is 919. The van der Waals surface area contributed by atoms with Crippen LogP contribution in [0.25, 0.3) is 0 Å². The van der Waals surface area contributed by atoms with Gasteiger partial charge in [-0.15, -0.1) is 0 Å². The fourth-order valence-corrected chi connectivity index (χ4v) is 10.8. The lowest BCUT2D eigenvalue weighted by Gasteiger charge is -2.71. The highest BCUT2D eigenvalue weighted by atomic mass is 16.4. The van der Waals surface area contributed by atoms with Crippen LogP contribution in [0.15, 0.2) is 11.6 Å². The highest BCUT2D eigenvalue weighted by molar-refractivity contribution is 5.77. The molecule has 4 nitrogen and oxygen atoms in total. The van der Waals surface area contributed by atoms with Gasteiger partial charge in [0.05, 0.1) is 12.2 Å². The number of rotatable bonds is 1. The van der Waals surface area contributed by atoms with Gasteiger partial charge < -0.3 is 15.3 Å². The van der Waals surface area contributed by atoms with E-state index in [9.17, 15) is 20.1 Å². The summed E-state index contributed by atoms with van der Waals surface area (Å²) >= 11 is 0. The fraction of sp³-hybridized carbons (Fsp3) is 0.900. The second kappa shape index (κ2) is 7.12. The number of carbonyl (C=O) groups is 1. The van der Waals surface area contributed by atoms with Crippen molar-refractivity contribution in [3.63, 3.8) is 0 Å². The Labute approximate surface area is 206 Å². The van der Waals surface area contributed by atoms with Gasteiger partial charge in [0, 0.05) is 0 Å². The van der Waals surface area contributed by atoms with Crippen molar-refractivity contribution in [3.05, 3.63) is 11.6 Å². The van der Waals surface area contributed by atoms with Gasteiger partial charge in [-0.25, -0.2) is 0 Å². The van der Waals surface area contributed by atoms with E-state index in [0.29, 0.717) is 24.7 Å². The Balaban J connectivity index is 1.61. The molecule has 0 aliphatic heterocycles. The summed E-state index contributed by atoms with van der Waals surface area (Å²) in [5.41, 5.74) is 0.437. The molecule has 3 N–H and O–H groups in total. The molecule has 9 atom stereocenters. The van der Waals surface area contributed by atoms with Crippen LogP contribution < -0.4 is 0 Å². The van der Waals surface area contributed by atoms with Gasteiger partial charge in [0.1, 0.15) is 5.41 Å². The SMILES string of the molecule is CC1(C)CC2C3=CCC4[C@@]5(C)CC[C@H](O)C(C)(C)C5CC[C@@]4(C)[C@]3(C)CC[C@@]2(C(=O)O)[C@H](O)C1. The van der Waals surface area contributed by atoms with Crippen molar-refractivity contribution < 1.29 is 20.1 Å². The number of aliphatic hydroxyl groups excluding tert-OH is 2. The summed E-state index contributed by atoms with van der Waals surface area (Å²) in [6.45, 7) is 16.4. The molecule has 4 fully saturated rings. The summed E-state index contributed by atoms with van der Waals surface area (Å²) in [4.78, 5) is 12.8. The molecule has 0 bridgehead atoms. The average molecular weight is 473 g/mol. The minimum atomic E-state index is -1.04. The Morgan fingerprint density at radius 1 is 0.853 bits per heavy atom. The first kappa shape index (κ1) is 24.8. The van der Waals surface area contributed by atoms with Gasteiger partial charge in [-0.2, -0.15) is 0 Å². The molecule has 3 unspecified atom stereocenters. The van der Waals surface area contributed by atoms with E-state index in [2.05, 4.69) is 54.5 Å². The first-order valence-electron chi connectivity index (χ1n) is 13.9. The second-order valence-corrected chi connectivity index (χ2v) is 15.2. The summed E-state index contributed by atoms with van der Waals surface area (Å²) in [5, 5.41) is 32.7. The van der Waals surface area contributed by atoms with Gasteiger partial charge in [-0.05, 0) is 103 Å². The first-order valence-corrected chi connectivity index (χ1v) is 13.9. The van der Waals surface area contributed by atoms with Crippen LogP contribution in [0.3, 0.4) is 0 Å². The van der Waals surface area contributed by atoms with Crippen LogP contribution in [0.4, 0.5) is 0 Å². The van der Waals surface area contributed by atoms with Crippen molar-refractivity contribution in [3.8, 4) is 0 Å². The van der Waals surface area contributed by atoms with Crippen LogP contribution in [-0.2, 0) is 4.79 Å². The molecule has 5 aliphatic carbocycles. The largest absolute Gasteiger partial charge is 0.481 e. The van der Waals surface area contributed by atoms with Crippen LogP contribution in [0.2, 0.25) is 0 Å². The predicted octanol–water partition coefficient (Wildman–Crippen LogP) is 6.20. The third kappa shape index (κ3) is 2.82. The van der Waals surface area contributed by atoms with E-state index in [0.717, 1.165) is 44.9 Å². The third-order valence-electron chi connectivity index (χ3n) is 13.0. The van der Waals surface area contributed by atoms with E-state index in [1.807, 2.05) is 0 Å². The smallest absolute Gasteiger partial charge is 0.312 e. The molecule has 0 saturated heterocycles. The molecule has 4 heteroatoms. The van der Waals surface area contributed by atoms with E-state index in [-0.39, 0.29) is 39.1 Å². The maximum Gasteiger partial charge on any atom is 0.312 e. The molecule has 192 valence electrons. The molecule has 0 aromatic heterocycles. The summed E-state index contributed by atoms with van der Waals surface area (Å²) in [7, 11) is 0. The Hall–Kier alpha value is -0.870. The molecule has 0 radical (unpaired) electrons. The van der Waals surface area contributed by atoms with Crippen molar-refractivity contribution in [2.45, 2.75) is 118 Å². The number of hydrogen-bond donors (Lipinski definition) is 3. The van der Waals surface area contributed by atoms with Gasteiger partial charge >= 0.3 is 5.97 Å². The molecule has 0 amide bonds. The molecule has 5 aliphatic rings. The van der Waals surface area contributed by atoms with E-state index < -0.39 is 17.5 Å². The lowest BCUT2D eigenvalue weighted by molar-refractivity contribution is -0.212. The van der Waals surface area contributed by atoms with E-state index >= 15 is 0 Å². The summed E-state index contributed by atoms with van der Waals surface area (Å²) < 4.78 is 0. The number of hydrogen-bond acceptors (Lipinski definition) is 3. The van der Waals surface area contributed by atoms with Gasteiger partial charge in [0.2, 0.25) is 0 Å². The highest BCUT2D eigenvalue weighted by Gasteiger charge is 2.70. The summed E-state index contributed by atoms with van der Waals surface area (Å²) in [6, 6.07) is 0. The molecule has 0 aromatic carbocycles. The highest BCUT2D eigenvalue weighted by Crippen LogP contribution is 2.75. The second-order valence-electron chi connectivity index (χ2n) is 15.2. The van der Waals surface area contributed by atoms with Crippen LogP contribution in [0.5, 0.6) is 0 Å². The Morgan fingerprint density at radius 2 is 1.53 bits per heavy atom. The molecular weight excluding hydrogens is 424 g/mol. The zero-order valence-corrected chi connectivity index (χ0v) is 22.6. The Morgan fingerprint density at radius 3 is 2.18 bits per heavy atom. The normalized spacial score (nSPS) is 53.4. The molecular formula is C30H48O4. The van der Waals surface area contributed by atoms with Gasteiger partial charge in [-0.3, -0.25) is 4.79 Å². The van der Waals surface area contributed by atoms with Gasteiger partial charge in [-0.1, -0.05) is 60.1 Å². The number of carboxylic acids is 1. The van der Waals surface area contributed by atoms with Crippen LogP contribution in [0, 0.1) is 50.2 Å². The van der Waals surface area contributed by atoms with Crippen LogP contribution in [0.1, 0.15) is 106 Å². The van der Waals surface area contributed by atoms with E-state index in [1.54, 1.807) is 0 Å².